The van der Waals surface area contributed by atoms with E-state index in [4.69, 9.17) is 9.05 Å². The van der Waals surface area contributed by atoms with Crippen LogP contribution in [0.3, 0.4) is 0 Å². The van der Waals surface area contributed by atoms with Crippen LogP contribution in [0.25, 0.3) is 0 Å². The molecule has 0 saturated carbocycles. The predicted molar refractivity (Wildman–Crippen MR) is 108 cm³/mol. The van der Waals surface area contributed by atoms with Crippen LogP contribution >= 0.6 is 7.75 Å². The maximum Gasteiger partial charge on any atom is 0.542 e. The van der Waals surface area contributed by atoms with Gasteiger partial charge >= 0.3 is 7.75 Å². The smallest absolute Gasteiger partial charge is 0.399 e. The lowest BCUT2D eigenvalue weighted by Gasteiger charge is -2.27. The molecule has 6 heteroatoms. The Hall–Kier alpha value is -3.04. The average molecular weight is 378 g/mol. The number of fused-ring (bicyclic) bond motifs is 1. The first-order valence-corrected chi connectivity index (χ1v) is 10.1. The third kappa shape index (κ3) is 3.88. The minimum Gasteiger partial charge on any atom is -0.399 e. The van der Waals surface area contributed by atoms with Gasteiger partial charge in [-0.2, -0.15) is 0 Å². The second kappa shape index (κ2) is 6.93. The van der Waals surface area contributed by atoms with E-state index in [2.05, 4.69) is 10.1 Å². The SMILES string of the molecule is Cc1ccc(N=C2O[P@](=O)(Nc3ccc(C)cc3)Oc3ccccc32)cc1. The molecule has 1 atom stereocenters. The third-order valence-corrected chi connectivity index (χ3v) is 5.51. The summed E-state index contributed by atoms with van der Waals surface area (Å²) in [4.78, 5) is 4.55. The van der Waals surface area contributed by atoms with Crippen LogP contribution in [-0.2, 0) is 9.09 Å². The summed E-state index contributed by atoms with van der Waals surface area (Å²) in [6.45, 7) is 4.00. The van der Waals surface area contributed by atoms with Crippen LogP contribution in [-0.4, -0.2) is 5.90 Å². The van der Waals surface area contributed by atoms with E-state index < -0.39 is 7.75 Å². The van der Waals surface area contributed by atoms with Gasteiger partial charge in [0.1, 0.15) is 5.75 Å². The highest BCUT2D eigenvalue weighted by Crippen LogP contribution is 2.53. The molecule has 136 valence electrons. The summed E-state index contributed by atoms with van der Waals surface area (Å²) in [5.74, 6) is 0.737. The average Bonchev–Trinajstić information content (AvgIpc) is 2.65. The first kappa shape index (κ1) is 17.4. The fourth-order valence-corrected chi connectivity index (χ4v) is 4.06. The van der Waals surface area contributed by atoms with Crippen molar-refractivity contribution in [3.63, 3.8) is 0 Å². The molecule has 27 heavy (non-hydrogen) atoms. The molecule has 0 amide bonds. The highest BCUT2D eigenvalue weighted by Gasteiger charge is 2.37. The number of hydrogen-bond donors (Lipinski definition) is 1. The van der Waals surface area contributed by atoms with Gasteiger partial charge in [-0.3, -0.25) is 5.09 Å². The van der Waals surface area contributed by atoms with Crippen LogP contribution in [0.1, 0.15) is 16.7 Å². The Labute approximate surface area is 158 Å². The molecule has 1 aliphatic rings. The molecule has 1 N–H and O–H groups in total. The van der Waals surface area contributed by atoms with E-state index in [1.807, 2.05) is 80.6 Å². The molecule has 3 aromatic carbocycles. The van der Waals surface area contributed by atoms with Crippen molar-refractivity contribution in [2.45, 2.75) is 13.8 Å². The number of anilines is 1. The second-order valence-electron chi connectivity index (χ2n) is 6.41. The molecule has 0 spiro atoms. The number of benzene rings is 3. The normalized spacial score (nSPS) is 19.7. The Bertz CT molecular complexity index is 1040. The molecule has 1 heterocycles. The van der Waals surface area contributed by atoms with Gasteiger partial charge < -0.3 is 9.05 Å². The molecule has 0 saturated heterocycles. The number of rotatable bonds is 3. The lowest BCUT2D eigenvalue weighted by atomic mass is 10.2. The topological polar surface area (TPSA) is 59.9 Å². The Morgan fingerprint density at radius 1 is 0.815 bits per heavy atom. The highest BCUT2D eigenvalue weighted by molar-refractivity contribution is 7.56. The van der Waals surface area contributed by atoms with Gasteiger partial charge in [0.25, 0.3) is 0 Å². The molecule has 0 radical (unpaired) electrons. The number of aliphatic imine (C=N–C) groups is 1. The molecule has 1 aliphatic heterocycles. The Morgan fingerprint density at radius 2 is 1.44 bits per heavy atom. The fourth-order valence-electron chi connectivity index (χ4n) is 2.68. The Kier molecular flexibility index (Phi) is 4.46. The van der Waals surface area contributed by atoms with Crippen molar-refractivity contribution in [3.8, 4) is 5.75 Å². The summed E-state index contributed by atoms with van der Waals surface area (Å²) in [7, 11) is -3.67. The zero-order valence-corrected chi connectivity index (χ0v) is 15.9. The molecule has 0 fully saturated rings. The van der Waals surface area contributed by atoms with Gasteiger partial charge in [0, 0.05) is 5.69 Å². The van der Waals surface area contributed by atoms with Crippen LogP contribution in [0.15, 0.2) is 77.8 Å². The van der Waals surface area contributed by atoms with Gasteiger partial charge in [0.15, 0.2) is 0 Å². The van der Waals surface area contributed by atoms with E-state index in [9.17, 15) is 4.57 Å². The lowest BCUT2D eigenvalue weighted by Crippen LogP contribution is -2.19. The standard InChI is InChI=1S/C21H19N2O3P/c1-15-7-11-17(12-8-15)22-21-19-5-3-4-6-20(19)25-27(24,26-21)23-18-13-9-16(2)10-14-18/h3-14H,1-2H3,(H,23,24)/t27-/m0/s1. The minimum atomic E-state index is -3.67. The zero-order valence-electron chi connectivity index (χ0n) is 15.0. The van der Waals surface area contributed by atoms with Gasteiger partial charge in [-0.15, -0.1) is 0 Å². The van der Waals surface area contributed by atoms with Crippen molar-refractivity contribution >= 4 is 25.0 Å². The summed E-state index contributed by atoms with van der Waals surface area (Å²) in [5, 5.41) is 2.88. The first-order valence-electron chi connectivity index (χ1n) is 8.60. The second-order valence-corrected chi connectivity index (χ2v) is 7.99. The first-order chi connectivity index (χ1) is 13.0. The van der Waals surface area contributed by atoms with E-state index in [-0.39, 0.29) is 5.90 Å². The van der Waals surface area contributed by atoms with Crippen molar-refractivity contribution in [1.82, 2.24) is 0 Å². The predicted octanol–water partition coefficient (Wildman–Crippen LogP) is 6.01. The highest BCUT2D eigenvalue weighted by atomic mass is 31.2. The molecule has 0 aromatic heterocycles. The van der Waals surface area contributed by atoms with E-state index in [1.54, 1.807) is 6.07 Å². The number of nitrogens with one attached hydrogen (secondary N) is 1. The Balaban J connectivity index is 1.71. The van der Waals surface area contributed by atoms with Crippen LogP contribution in [0.5, 0.6) is 5.75 Å². The van der Waals surface area contributed by atoms with Crippen molar-refractivity contribution in [2.75, 3.05) is 5.09 Å². The van der Waals surface area contributed by atoms with Gasteiger partial charge in [0.05, 0.1) is 11.3 Å². The largest absolute Gasteiger partial charge is 0.542 e. The van der Waals surface area contributed by atoms with Gasteiger partial charge in [-0.1, -0.05) is 47.5 Å². The molecular weight excluding hydrogens is 359 g/mol. The molecule has 0 aliphatic carbocycles. The van der Waals surface area contributed by atoms with Gasteiger partial charge in [-0.25, -0.2) is 9.56 Å². The molecule has 0 unspecified atom stereocenters. The quantitative estimate of drug-likeness (QED) is 0.567. The van der Waals surface area contributed by atoms with Crippen LogP contribution in [0.2, 0.25) is 0 Å². The number of aryl methyl sites for hydroxylation is 2. The molecule has 4 rings (SSSR count). The number of para-hydroxylation sites is 1. The summed E-state index contributed by atoms with van der Waals surface area (Å²) >= 11 is 0. The minimum absolute atomic E-state index is 0.267. The monoisotopic (exact) mass is 378 g/mol. The maximum absolute atomic E-state index is 13.3. The lowest BCUT2D eigenvalue weighted by molar-refractivity contribution is 0.375. The van der Waals surface area contributed by atoms with Crippen LogP contribution in [0, 0.1) is 13.8 Å². The van der Waals surface area contributed by atoms with E-state index in [0.29, 0.717) is 22.7 Å². The van der Waals surface area contributed by atoms with Crippen molar-refractivity contribution in [1.29, 1.82) is 0 Å². The Morgan fingerprint density at radius 3 is 2.15 bits per heavy atom. The van der Waals surface area contributed by atoms with E-state index in [1.165, 1.54) is 0 Å². The van der Waals surface area contributed by atoms with Gasteiger partial charge in [-0.05, 0) is 50.2 Å². The van der Waals surface area contributed by atoms with E-state index in [0.717, 1.165) is 11.1 Å². The van der Waals surface area contributed by atoms with E-state index >= 15 is 0 Å². The summed E-state index contributed by atoms with van der Waals surface area (Å²) in [6.07, 6.45) is 0. The van der Waals surface area contributed by atoms with Crippen molar-refractivity contribution in [3.05, 3.63) is 89.5 Å². The third-order valence-electron chi connectivity index (χ3n) is 4.12. The summed E-state index contributed by atoms with van der Waals surface area (Å²) in [6, 6.07) is 22.5. The molecule has 0 bridgehead atoms. The number of nitrogens with zero attached hydrogens (tertiary/aromatic N) is 1. The molecule has 3 aromatic rings. The fraction of sp³-hybridized carbons (Fsp3) is 0.0952. The van der Waals surface area contributed by atoms with Crippen LogP contribution in [0.4, 0.5) is 11.4 Å². The molecule has 5 nitrogen and oxygen atoms in total. The summed E-state index contributed by atoms with van der Waals surface area (Å²) < 4.78 is 24.7. The number of hydrogen-bond acceptors (Lipinski definition) is 4. The van der Waals surface area contributed by atoms with Crippen molar-refractivity contribution in [2.24, 2.45) is 4.99 Å². The summed E-state index contributed by atoms with van der Waals surface area (Å²) in [5.41, 5.74) is 4.28. The maximum atomic E-state index is 13.3. The molecular formula is C21H19N2O3P. The van der Waals surface area contributed by atoms with Gasteiger partial charge in [0.2, 0.25) is 5.90 Å². The van der Waals surface area contributed by atoms with Crippen molar-refractivity contribution < 1.29 is 13.6 Å². The zero-order chi connectivity index (χ0) is 18.9. The van der Waals surface area contributed by atoms with Crippen LogP contribution < -0.4 is 9.61 Å².